The molecule has 1 aromatic heterocycles. The minimum atomic E-state index is 0.197. The minimum absolute atomic E-state index is 0.197. The molecule has 0 unspecified atom stereocenters. The molecule has 0 aliphatic rings. The zero-order valence-corrected chi connectivity index (χ0v) is 6.38. The largest absolute Gasteiger partial charge is 0.395 e. The number of hydrogen-bond donors (Lipinski definition) is 3. The molecule has 1 heterocycles. The lowest BCUT2D eigenvalue weighted by Gasteiger charge is -1.99. The molecule has 0 atom stereocenters. The van der Waals surface area contributed by atoms with E-state index in [4.69, 9.17) is 5.11 Å². The lowest BCUT2D eigenvalue weighted by Crippen LogP contribution is -2.20. The standard InChI is InChI=1S/C7H13N3O/c11-6-5-8-3-1-7-2-4-9-10-7/h2,4,8,11H,1,3,5-6H2,(H,9,10). The SMILES string of the molecule is OCCNCCc1ccn[nH]1. The third-order valence-electron chi connectivity index (χ3n) is 1.42. The number of H-pyrrole nitrogens is 1. The van der Waals surface area contributed by atoms with E-state index in [0.29, 0.717) is 6.54 Å². The molecule has 3 N–H and O–H groups in total. The first-order valence-corrected chi connectivity index (χ1v) is 3.73. The molecule has 1 rings (SSSR count). The van der Waals surface area contributed by atoms with Crippen LogP contribution in [0.3, 0.4) is 0 Å². The fraction of sp³-hybridized carbons (Fsp3) is 0.571. The van der Waals surface area contributed by atoms with Crippen molar-refractivity contribution < 1.29 is 5.11 Å². The molecule has 4 nitrogen and oxygen atoms in total. The Hall–Kier alpha value is -0.870. The van der Waals surface area contributed by atoms with Gasteiger partial charge >= 0.3 is 0 Å². The molecular weight excluding hydrogens is 142 g/mol. The van der Waals surface area contributed by atoms with Crippen molar-refractivity contribution in [3.63, 3.8) is 0 Å². The molecule has 0 saturated carbocycles. The number of aliphatic hydroxyl groups excluding tert-OH is 1. The maximum Gasteiger partial charge on any atom is 0.0555 e. The van der Waals surface area contributed by atoms with Crippen LogP contribution in [0.1, 0.15) is 5.69 Å². The minimum Gasteiger partial charge on any atom is -0.395 e. The van der Waals surface area contributed by atoms with Crippen molar-refractivity contribution in [1.29, 1.82) is 0 Å². The Morgan fingerprint density at radius 1 is 1.55 bits per heavy atom. The smallest absolute Gasteiger partial charge is 0.0555 e. The molecule has 0 aromatic carbocycles. The molecule has 0 amide bonds. The van der Waals surface area contributed by atoms with Crippen molar-refractivity contribution in [2.45, 2.75) is 6.42 Å². The van der Waals surface area contributed by atoms with Gasteiger partial charge in [0.1, 0.15) is 0 Å². The molecule has 0 radical (unpaired) electrons. The topological polar surface area (TPSA) is 60.9 Å². The summed E-state index contributed by atoms with van der Waals surface area (Å²) in [6.07, 6.45) is 2.67. The van der Waals surface area contributed by atoms with E-state index in [1.165, 1.54) is 0 Å². The number of aromatic nitrogens is 2. The quantitative estimate of drug-likeness (QED) is 0.504. The summed E-state index contributed by atoms with van der Waals surface area (Å²) < 4.78 is 0. The second-order valence-electron chi connectivity index (χ2n) is 2.31. The Morgan fingerprint density at radius 3 is 3.09 bits per heavy atom. The highest BCUT2D eigenvalue weighted by Crippen LogP contribution is 1.90. The van der Waals surface area contributed by atoms with Gasteiger partial charge in [0, 0.05) is 31.4 Å². The second-order valence-corrected chi connectivity index (χ2v) is 2.31. The molecule has 0 aliphatic heterocycles. The number of rotatable bonds is 5. The second kappa shape index (κ2) is 4.87. The van der Waals surface area contributed by atoms with Crippen LogP contribution in [0.2, 0.25) is 0 Å². The van der Waals surface area contributed by atoms with Gasteiger partial charge in [-0.2, -0.15) is 5.10 Å². The van der Waals surface area contributed by atoms with E-state index in [2.05, 4.69) is 15.5 Å². The zero-order valence-electron chi connectivity index (χ0n) is 6.38. The maximum atomic E-state index is 8.44. The highest BCUT2D eigenvalue weighted by atomic mass is 16.3. The molecule has 1 aromatic rings. The van der Waals surface area contributed by atoms with Gasteiger partial charge in [-0.1, -0.05) is 0 Å². The van der Waals surface area contributed by atoms with E-state index in [1.807, 2.05) is 6.07 Å². The summed E-state index contributed by atoms with van der Waals surface area (Å²) >= 11 is 0. The summed E-state index contributed by atoms with van der Waals surface area (Å²) in [6, 6.07) is 1.95. The van der Waals surface area contributed by atoms with Crippen LogP contribution in [0.25, 0.3) is 0 Å². The fourth-order valence-electron chi connectivity index (χ4n) is 0.851. The van der Waals surface area contributed by atoms with Gasteiger partial charge in [-0.25, -0.2) is 0 Å². The average molecular weight is 155 g/mol. The molecule has 4 heteroatoms. The third kappa shape index (κ3) is 3.15. The number of aliphatic hydroxyl groups is 1. The van der Waals surface area contributed by atoms with E-state index in [9.17, 15) is 0 Å². The highest BCUT2D eigenvalue weighted by molar-refractivity contribution is 4.97. The average Bonchev–Trinajstić information content (AvgIpc) is 2.50. The van der Waals surface area contributed by atoms with Crippen LogP contribution < -0.4 is 5.32 Å². The van der Waals surface area contributed by atoms with Gasteiger partial charge < -0.3 is 10.4 Å². The Kier molecular flexibility index (Phi) is 3.64. The monoisotopic (exact) mass is 155 g/mol. The summed E-state index contributed by atoms with van der Waals surface area (Å²) in [7, 11) is 0. The Bertz CT molecular complexity index is 174. The van der Waals surface area contributed by atoms with Crippen molar-refractivity contribution in [1.82, 2.24) is 15.5 Å². The summed E-state index contributed by atoms with van der Waals surface area (Å²) in [6.45, 7) is 1.74. The van der Waals surface area contributed by atoms with Crippen LogP contribution in [0.4, 0.5) is 0 Å². The van der Waals surface area contributed by atoms with Gasteiger partial charge in [0.15, 0.2) is 0 Å². The van der Waals surface area contributed by atoms with Crippen LogP contribution >= 0.6 is 0 Å². The van der Waals surface area contributed by atoms with Gasteiger partial charge in [0.25, 0.3) is 0 Å². The van der Waals surface area contributed by atoms with Crippen molar-refractivity contribution in [3.8, 4) is 0 Å². The van der Waals surface area contributed by atoms with Crippen LogP contribution in [-0.2, 0) is 6.42 Å². The van der Waals surface area contributed by atoms with Gasteiger partial charge in [0.2, 0.25) is 0 Å². The summed E-state index contributed by atoms with van der Waals surface area (Å²) in [5.41, 5.74) is 1.12. The van der Waals surface area contributed by atoms with Crippen molar-refractivity contribution in [2.24, 2.45) is 0 Å². The van der Waals surface area contributed by atoms with Gasteiger partial charge in [-0.05, 0) is 6.07 Å². The lowest BCUT2D eigenvalue weighted by molar-refractivity contribution is 0.292. The lowest BCUT2D eigenvalue weighted by atomic mass is 10.3. The van der Waals surface area contributed by atoms with E-state index in [-0.39, 0.29) is 6.61 Å². The summed E-state index contributed by atoms with van der Waals surface area (Å²) in [5.74, 6) is 0. The van der Waals surface area contributed by atoms with Crippen LogP contribution in [0, 0.1) is 0 Å². The number of nitrogens with zero attached hydrogens (tertiary/aromatic N) is 1. The molecule has 0 aliphatic carbocycles. The van der Waals surface area contributed by atoms with Gasteiger partial charge in [-0.3, -0.25) is 5.10 Å². The van der Waals surface area contributed by atoms with Crippen molar-refractivity contribution in [2.75, 3.05) is 19.7 Å². The Labute approximate surface area is 65.6 Å². The Balaban J connectivity index is 2.04. The van der Waals surface area contributed by atoms with E-state index >= 15 is 0 Å². The first kappa shape index (κ1) is 8.23. The summed E-state index contributed by atoms with van der Waals surface area (Å²) in [4.78, 5) is 0. The normalized spacial score (nSPS) is 10.3. The van der Waals surface area contributed by atoms with E-state index in [0.717, 1.165) is 18.7 Å². The summed E-state index contributed by atoms with van der Waals surface area (Å²) in [5, 5.41) is 18.2. The Morgan fingerprint density at radius 2 is 2.45 bits per heavy atom. The third-order valence-corrected chi connectivity index (χ3v) is 1.42. The van der Waals surface area contributed by atoms with Crippen molar-refractivity contribution in [3.05, 3.63) is 18.0 Å². The van der Waals surface area contributed by atoms with Crippen LogP contribution in [0.15, 0.2) is 12.3 Å². The fourth-order valence-corrected chi connectivity index (χ4v) is 0.851. The number of nitrogens with one attached hydrogen (secondary N) is 2. The number of aromatic amines is 1. The molecule has 11 heavy (non-hydrogen) atoms. The number of hydrogen-bond acceptors (Lipinski definition) is 3. The molecule has 62 valence electrons. The molecule has 0 spiro atoms. The molecule has 0 fully saturated rings. The zero-order chi connectivity index (χ0) is 7.94. The predicted octanol–water partition coefficient (Wildman–Crippen LogP) is -0.466. The van der Waals surface area contributed by atoms with Crippen LogP contribution in [-0.4, -0.2) is 35.0 Å². The van der Waals surface area contributed by atoms with Crippen LogP contribution in [0.5, 0.6) is 0 Å². The van der Waals surface area contributed by atoms with E-state index < -0.39 is 0 Å². The first-order valence-electron chi connectivity index (χ1n) is 3.73. The van der Waals surface area contributed by atoms with Gasteiger partial charge in [-0.15, -0.1) is 0 Å². The predicted molar refractivity (Wildman–Crippen MR) is 42.2 cm³/mol. The molecule has 0 bridgehead atoms. The van der Waals surface area contributed by atoms with Gasteiger partial charge in [0.05, 0.1) is 6.61 Å². The van der Waals surface area contributed by atoms with Crippen molar-refractivity contribution >= 4 is 0 Å². The highest BCUT2D eigenvalue weighted by Gasteiger charge is 1.91. The molecule has 0 saturated heterocycles. The molecular formula is C7H13N3O. The maximum absolute atomic E-state index is 8.44. The van der Waals surface area contributed by atoms with E-state index in [1.54, 1.807) is 6.20 Å². The first-order chi connectivity index (χ1) is 5.43.